The van der Waals surface area contributed by atoms with Crippen molar-refractivity contribution in [2.75, 3.05) is 0 Å². The maximum atomic E-state index is 13.2. The van der Waals surface area contributed by atoms with Crippen molar-refractivity contribution in [3.05, 3.63) is 34.1 Å². The van der Waals surface area contributed by atoms with Gasteiger partial charge in [0.1, 0.15) is 10.8 Å². The number of carboxylic acid groups (broad SMARTS) is 1. The molecule has 0 fully saturated rings. The number of hydrogen-bond donors (Lipinski definition) is 2. The Hall–Kier alpha value is -1.27. The van der Waals surface area contributed by atoms with E-state index in [0.717, 1.165) is 0 Å². The van der Waals surface area contributed by atoms with Gasteiger partial charge in [-0.05, 0) is 6.07 Å². The molecular weight excluding hydrogens is 247 g/mol. The van der Waals surface area contributed by atoms with Crippen LogP contribution in [-0.4, -0.2) is 11.1 Å². The van der Waals surface area contributed by atoms with Crippen LogP contribution in [-0.2, 0) is 4.79 Å². The van der Waals surface area contributed by atoms with Crippen LogP contribution in [0.15, 0.2) is 6.07 Å². The predicted octanol–water partition coefficient (Wildman–Crippen LogP) is 2.23. The molecule has 0 saturated heterocycles. The minimum Gasteiger partial charge on any atom is -0.481 e. The molecule has 0 bridgehead atoms. The second-order valence-corrected chi connectivity index (χ2v) is 3.47. The largest absolute Gasteiger partial charge is 0.481 e. The van der Waals surface area contributed by atoms with E-state index in [2.05, 4.69) is 0 Å². The van der Waals surface area contributed by atoms with Crippen molar-refractivity contribution in [2.24, 2.45) is 5.73 Å². The van der Waals surface area contributed by atoms with Crippen molar-refractivity contribution in [3.8, 4) is 0 Å². The molecule has 16 heavy (non-hydrogen) atoms. The third-order valence-electron chi connectivity index (χ3n) is 1.92. The average Bonchev–Trinajstić information content (AvgIpc) is 2.19. The Kier molecular flexibility index (Phi) is 3.77. The molecule has 1 aromatic carbocycles. The Morgan fingerprint density at radius 1 is 1.44 bits per heavy atom. The fourth-order valence-corrected chi connectivity index (χ4v) is 1.30. The van der Waals surface area contributed by atoms with E-state index in [1.165, 1.54) is 0 Å². The fraction of sp³-hybridized carbons (Fsp3) is 0.222. The molecule has 0 aliphatic carbocycles. The lowest BCUT2D eigenvalue weighted by Gasteiger charge is -2.12. The Labute approximate surface area is 93.6 Å². The summed E-state index contributed by atoms with van der Waals surface area (Å²) in [4.78, 5) is 10.3. The molecule has 1 aromatic rings. The van der Waals surface area contributed by atoms with Crippen molar-refractivity contribution in [1.29, 1.82) is 0 Å². The van der Waals surface area contributed by atoms with E-state index in [1.54, 1.807) is 0 Å². The van der Waals surface area contributed by atoms with Gasteiger partial charge in [0.2, 0.25) is 0 Å². The van der Waals surface area contributed by atoms with Gasteiger partial charge in [-0.2, -0.15) is 0 Å². The molecule has 1 unspecified atom stereocenters. The van der Waals surface area contributed by atoms with Crippen molar-refractivity contribution in [3.63, 3.8) is 0 Å². The van der Waals surface area contributed by atoms with Gasteiger partial charge < -0.3 is 10.8 Å². The lowest BCUT2D eigenvalue weighted by molar-refractivity contribution is -0.137. The summed E-state index contributed by atoms with van der Waals surface area (Å²) >= 11 is 5.12. The van der Waals surface area contributed by atoms with Gasteiger partial charge in [0.25, 0.3) is 0 Å². The summed E-state index contributed by atoms with van der Waals surface area (Å²) in [5.74, 6) is -5.49. The highest BCUT2D eigenvalue weighted by atomic mass is 35.5. The number of benzene rings is 1. The maximum absolute atomic E-state index is 13.2. The van der Waals surface area contributed by atoms with E-state index in [0.29, 0.717) is 6.07 Å². The Morgan fingerprint density at radius 3 is 2.50 bits per heavy atom. The molecule has 0 aromatic heterocycles. The Balaban J connectivity index is 3.19. The molecule has 3 nitrogen and oxygen atoms in total. The SMILES string of the molecule is NC(CC(=O)O)c1cc(F)c(Cl)c(F)c1F. The number of halogens is 4. The van der Waals surface area contributed by atoms with Crippen LogP contribution in [0.1, 0.15) is 18.0 Å². The van der Waals surface area contributed by atoms with Crippen molar-refractivity contribution >= 4 is 17.6 Å². The second kappa shape index (κ2) is 4.71. The first-order chi connectivity index (χ1) is 7.34. The summed E-state index contributed by atoms with van der Waals surface area (Å²) < 4.78 is 39.2. The van der Waals surface area contributed by atoms with Gasteiger partial charge in [-0.3, -0.25) is 4.79 Å². The van der Waals surface area contributed by atoms with Gasteiger partial charge in [0.05, 0.1) is 6.42 Å². The van der Waals surface area contributed by atoms with Gasteiger partial charge in [-0.25, -0.2) is 13.2 Å². The summed E-state index contributed by atoms with van der Waals surface area (Å²) in [6, 6.07) is -0.743. The molecule has 1 atom stereocenters. The van der Waals surface area contributed by atoms with E-state index >= 15 is 0 Å². The average molecular weight is 254 g/mol. The van der Waals surface area contributed by atoms with E-state index in [-0.39, 0.29) is 0 Å². The third-order valence-corrected chi connectivity index (χ3v) is 2.27. The first-order valence-corrected chi connectivity index (χ1v) is 4.52. The van der Waals surface area contributed by atoms with Crippen LogP contribution in [0, 0.1) is 17.5 Å². The van der Waals surface area contributed by atoms with Crippen LogP contribution in [0.3, 0.4) is 0 Å². The van der Waals surface area contributed by atoms with E-state index < -0.39 is 46.5 Å². The first-order valence-electron chi connectivity index (χ1n) is 4.14. The standard InChI is InChI=1S/C9H7ClF3NO2/c10-7-4(11)1-3(8(12)9(7)13)5(14)2-6(15)16/h1,5H,2,14H2,(H,15,16). The number of carboxylic acids is 1. The number of rotatable bonds is 3. The predicted molar refractivity (Wildman–Crippen MR) is 50.5 cm³/mol. The van der Waals surface area contributed by atoms with Crippen LogP contribution in [0.2, 0.25) is 5.02 Å². The normalized spacial score (nSPS) is 12.6. The molecule has 0 aliphatic heterocycles. The highest BCUT2D eigenvalue weighted by Crippen LogP contribution is 2.28. The number of hydrogen-bond acceptors (Lipinski definition) is 2. The van der Waals surface area contributed by atoms with Gasteiger partial charge in [-0.1, -0.05) is 11.6 Å². The molecule has 0 spiro atoms. The van der Waals surface area contributed by atoms with E-state index in [4.69, 9.17) is 22.4 Å². The number of carbonyl (C=O) groups is 1. The van der Waals surface area contributed by atoms with E-state index in [1.807, 2.05) is 0 Å². The summed E-state index contributed by atoms with van der Waals surface area (Å²) in [6.07, 6.45) is -0.641. The summed E-state index contributed by atoms with van der Waals surface area (Å²) in [6.45, 7) is 0. The van der Waals surface area contributed by atoms with Gasteiger partial charge >= 0.3 is 5.97 Å². The molecule has 0 radical (unpaired) electrons. The number of aliphatic carboxylic acids is 1. The topological polar surface area (TPSA) is 63.3 Å². The minimum atomic E-state index is -1.57. The highest BCUT2D eigenvalue weighted by molar-refractivity contribution is 6.30. The van der Waals surface area contributed by atoms with Gasteiger partial charge in [-0.15, -0.1) is 0 Å². The molecule has 0 amide bonds. The maximum Gasteiger partial charge on any atom is 0.305 e. The monoisotopic (exact) mass is 253 g/mol. The molecule has 88 valence electrons. The zero-order valence-corrected chi connectivity index (χ0v) is 8.56. The van der Waals surface area contributed by atoms with Gasteiger partial charge in [0.15, 0.2) is 11.6 Å². The third kappa shape index (κ3) is 2.45. The van der Waals surface area contributed by atoms with Crippen molar-refractivity contribution in [2.45, 2.75) is 12.5 Å². The quantitative estimate of drug-likeness (QED) is 0.641. The zero-order chi connectivity index (χ0) is 12.5. The molecule has 3 N–H and O–H groups in total. The fourth-order valence-electron chi connectivity index (χ4n) is 1.16. The van der Waals surface area contributed by atoms with Gasteiger partial charge in [0, 0.05) is 11.6 Å². The van der Waals surface area contributed by atoms with Crippen LogP contribution in [0.5, 0.6) is 0 Å². The molecule has 0 heterocycles. The lowest BCUT2D eigenvalue weighted by Crippen LogP contribution is -2.17. The summed E-state index contributed by atoms with van der Waals surface area (Å²) in [7, 11) is 0. The molecule has 0 aliphatic rings. The highest BCUT2D eigenvalue weighted by Gasteiger charge is 2.22. The molecule has 0 saturated carbocycles. The van der Waals surface area contributed by atoms with Crippen LogP contribution < -0.4 is 5.73 Å². The van der Waals surface area contributed by atoms with Crippen LogP contribution in [0.4, 0.5) is 13.2 Å². The molecule has 7 heteroatoms. The summed E-state index contributed by atoms with van der Waals surface area (Å²) in [5, 5.41) is 7.43. The van der Waals surface area contributed by atoms with E-state index in [9.17, 15) is 18.0 Å². The van der Waals surface area contributed by atoms with Crippen LogP contribution >= 0.6 is 11.6 Å². The Morgan fingerprint density at radius 2 is 2.00 bits per heavy atom. The number of nitrogens with two attached hydrogens (primary N) is 1. The zero-order valence-electron chi connectivity index (χ0n) is 7.81. The lowest BCUT2D eigenvalue weighted by atomic mass is 10.0. The minimum absolute atomic E-state index is 0.554. The molecular formula is C9H7ClF3NO2. The van der Waals surface area contributed by atoms with Crippen molar-refractivity contribution in [1.82, 2.24) is 0 Å². The first kappa shape index (κ1) is 12.8. The molecule has 1 rings (SSSR count). The second-order valence-electron chi connectivity index (χ2n) is 3.09. The summed E-state index contributed by atoms with van der Waals surface area (Å²) in [5.41, 5.74) is 4.73. The smallest absolute Gasteiger partial charge is 0.305 e. The van der Waals surface area contributed by atoms with Crippen LogP contribution in [0.25, 0.3) is 0 Å². The Bertz CT molecular complexity index is 439. The van der Waals surface area contributed by atoms with Crippen molar-refractivity contribution < 1.29 is 23.1 Å².